The van der Waals surface area contributed by atoms with Gasteiger partial charge < -0.3 is 14.8 Å². The van der Waals surface area contributed by atoms with E-state index in [1.54, 1.807) is 30.3 Å². The summed E-state index contributed by atoms with van der Waals surface area (Å²) in [7, 11) is 0. The Labute approximate surface area is 179 Å². The Kier molecular flexibility index (Phi) is 7.28. The van der Waals surface area contributed by atoms with Gasteiger partial charge in [0.2, 0.25) is 5.91 Å². The number of anilines is 1. The first-order valence-electron chi connectivity index (χ1n) is 9.56. The van der Waals surface area contributed by atoms with Crippen LogP contribution in [0.3, 0.4) is 0 Å². The van der Waals surface area contributed by atoms with Gasteiger partial charge in [-0.2, -0.15) is 5.26 Å². The van der Waals surface area contributed by atoms with E-state index >= 15 is 0 Å². The van der Waals surface area contributed by atoms with Crippen LogP contribution in [0.15, 0.2) is 48.5 Å². The molecule has 0 saturated carbocycles. The van der Waals surface area contributed by atoms with Gasteiger partial charge in [-0.15, -0.1) is 0 Å². The Morgan fingerprint density at radius 2 is 1.83 bits per heavy atom. The molecule has 1 fully saturated rings. The van der Waals surface area contributed by atoms with Crippen molar-refractivity contribution in [2.75, 3.05) is 25.1 Å². The van der Waals surface area contributed by atoms with Gasteiger partial charge in [-0.1, -0.05) is 41.9 Å². The number of nitriles is 1. The molecule has 2 N–H and O–H groups in total. The first-order chi connectivity index (χ1) is 14.5. The van der Waals surface area contributed by atoms with Crippen LogP contribution in [0.5, 0.6) is 0 Å². The lowest BCUT2D eigenvalue weighted by atomic mass is 9.80. The van der Waals surface area contributed by atoms with Crippen molar-refractivity contribution in [2.24, 2.45) is 5.41 Å². The number of halogens is 1. The number of amides is 2. The monoisotopic (exact) mass is 427 g/mol. The SMILES string of the molecule is N#Cc1ccccc1NC(=O)OCC1(C(=O)NCc2ccccc2Cl)CCOCC1. The van der Waals surface area contributed by atoms with Gasteiger partial charge in [0.1, 0.15) is 12.7 Å². The summed E-state index contributed by atoms with van der Waals surface area (Å²) in [4.78, 5) is 25.3. The van der Waals surface area contributed by atoms with Crippen LogP contribution in [0.2, 0.25) is 5.02 Å². The van der Waals surface area contributed by atoms with Crippen molar-refractivity contribution >= 4 is 29.3 Å². The van der Waals surface area contributed by atoms with Gasteiger partial charge >= 0.3 is 6.09 Å². The standard InChI is InChI=1S/C22H22ClN3O4/c23-18-7-3-1-6-17(18)14-25-20(27)22(9-11-29-12-10-22)15-30-21(28)26-19-8-4-2-5-16(19)13-24/h1-8H,9-12,14-15H2,(H,25,27)(H,26,28). The minimum absolute atomic E-state index is 0.0920. The lowest BCUT2D eigenvalue weighted by molar-refractivity contribution is -0.140. The maximum atomic E-state index is 13.0. The van der Waals surface area contributed by atoms with Crippen LogP contribution in [-0.4, -0.2) is 31.8 Å². The van der Waals surface area contributed by atoms with Gasteiger partial charge in [-0.05, 0) is 36.6 Å². The average molecular weight is 428 g/mol. The number of nitrogens with one attached hydrogen (secondary N) is 2. The van der Waals surface area contributed by atoms with E-state index in [1.807, 2.05) is 24.3 Å². The Bertz CT molecular complexity index is 951. The molecule has 30 heavy (non-hydrogen) atoms. The Morgan fingerprint density at radius 1 is 1.13 bits per heavy atom. The van der Waals surface area contributed by atoms with Gasteiger partial charge in [-0.25, -0.2) is 4.79 Å². The Balaban J connectivity index is 1.63. The molecule has 0 spiro atoms. The average Bonchev–Trinajstić information content (AvgIpc) is 2.78. The van der Waals surface area contributed by atoms with Crippen LogP contribution >= 0.6 is 11.6 Å². The fraction of sp³-hybridized carbons (Fsp3) is 0.318. The molecular formula is C22H22ClN3O4. The van der Waals surface area contributed by atoms with Gasteiger partial charge in [-0.3, -0.25) is 10.1 Å². The molecule has 2 aromatic rings. The molecule has 0 bridgehead atoms. The van der Waals surface area contributed by atoms with Crippen LogP contribution < -0.4 is 10.6 Å². The summed E-state index contributed by atoms with van der Waals surface area (Å²) in [6.07, 6.45) is 0.148. The van der Waals surface area contributed by atoms with Crippen LogP contribution in [-0.2, 0) is 20.8 Å². The molecule has 0 unspecified atom stereocenters. The fourth-order valence-corrected chi connectivity index (χ4v) is 3.45. The largest absolute Gasteiger partial charge is 0.448 e. The molecule has 0 atom stereocenters. The number of para-hydroxylation sites is 1. The third kappa shape index (κ3) is 5.29. The Morgan fingerprint density at radius 3 is 2.57 bits per heavy atom. The van der Waals surface area contributed by atoms with Crippen LogP contribution in [0.4, 0.5) is 10.5 Å². The molecule has 2 amide bonds. The molecule has 7 nitrogen and oxygen atoms in total. The highest BCUT2D eigenvalue weighted by Gasteiger charge is 2.41. The maximum absolute atomic E-state index is 13.0. The molecule has 0 aliphatic carbocycles. The summed E-state index contributed by atoms with van der Waals surface area (Å²) in [5.74, 6) is -0.212. The van der Waals surface area contributed by atoms with Crippen molar-refractivity contribution < 1.29 is 19.1 Å². The zero-order chi connectivity index (χ0) is 21.4. The van der Waals surface area contributed by atoms with Crippen molar-refractivity contribution in [1.82, 2.24) is 5.32 Å². The number of hydrogen-bond acceptors (Lipinski definition) is 5. The number of carbonyl (C=O) groups is 2. The van der Waals surface area contributed by atoms with Gasteiger partial charge in [0.15, 0.2) is 0 Å². The van der Waals surface area contributed by atoms with E-state index in [4.69, 9.17) is 26.3 Å². The predicted molar refractivity (Wildman–Crippen MR) is 112 cm³/mol. The number of nitrogens with zero attached hydrogens (tertiary/aromatic N) is 1. The summed E-state index contributed by atoms with van der Waals surface area (Å²) >= 11 is 6.16. The highest BCUT2D eigenvalue weighted by atomic mass is 35.5. The maximum Gasteiger partial charge on any atom is 0.411 e. The highest BCUT2D eigenvalue weighted by molar-refractivity contribution is 6.31. The number of hydrogen-bond donors (Lipinski definition) is 2. The lowest BCUT2D eigenvalue weighted by Crippen LogP contribution is -2.48. The van der Waals surface area contributed by atoms with Gasteiger partial charge in [0.05, 0.1) is 16.7 Å². The fourth-order valence-electron chi connectivity index (χ4n) is 3.24. The van der Waals surface area contributed by atoms with Crippen LogP contribution in [0.25, 0.3) is 0 Å². The summed E-state index contributed by atoms with van der Waals surface area (Å²) in [5.41, 5.74) is 0.606. The van der Waals surface area contributed by atoms with E-state index in [1.165, 1.54) is 0 Å². The second-order valence-electron chi connectivity index (χ2n) is 7.03. The first-order valence-corrected chi connectivity index (χ1v) is 9.94. The quantitative estimate of drug-likeness (QED) is 0.728. The van der Waals surface area contributed by atoms with E-state index in [2.05, 4.69) is 10.6 Å². The third-order valence-corrected chi connectivity index (χ3v) is 5.46. The van der Waals surface area contributed by atoms with E-state index in [0.29, 0.717) is 42.3 Å². The van der Waals surface area contributed by atoms with E-state index < -0.39 is 11.5 Å². The zero-order valence-corrected chi connectivity index (χ0v) is 17.1. The molecule has 1 aliphatic rings. The summed E-state index contributed by atoms with van der Waals surface area (Å²) in [6, 6.07) is 15.9. The summed E-state index contributed by atoms with van der Waals surface area (Å²) < 4.78 is 10.8. The normalized spacial score (nSPS) is 14.9. The van der Waals surface area contributed by atoms with E-state index in [0.717, 1.165) is 5.56 Å². The number of benzene rings is 2. The predicted octanol–water partition coefficient (Wildman–Crippen LogP) is 3.87. The minimum atomic E-state index is -0.883. The summed E-state index contributed by atoms with van der Waals surface area (Å²) in [6.45, 7) is 0.998. The molecule has 0 radical (unpaired) electrons. The number of carbonyl (C=O) groups excluding carboxylic acids is 2. The molecule has 0 aromatic heterocycles. The molecule has 1 aliphatic heterocycles. The molecule has 2 aromatic carbocycles. The highest BCUT2D eigenvalue weighted by Crippen LogP contribution is 2.32. The molecule has 156 valence electrons. The molecule has 1 saturated heterocycles. The van der Waals surface area contributed by atoms with E-state index in [-0.39, 0.29) is 19.1 Å². The number of ether oxygens (including phenoxy) is 2. The second-order valence-corrected chi connectivity index (χ2v) is 7.43. The second kappa shape index (κ2) is 10.1. The third-order valence-electron chi connectivity index (χ3n) is 5.09. The molecule has 3 rings (SSSR count). The van der Waals surface area contributed by atoms with Crippen molar-refractivity contribution in [3.63, 3.8) is 0 Å². The molecular weight excluding hydrogens is 406 g/mol. The van der Waals surface area contributed by atoms with Crippen LogP contribution in [0.1, 0.15) is 24.0 Å². The molecule has 8 heteroatoms. The van der Waals surface area contributed by atoms with Crippen molar-refractivity contribution in [2.45, 2.75) is 19.4 Å². The number of rotatable bonds is 6. The van der Waals surface area contributed by atoms with Crippen molar-refractivity contribution in [1.29, 1.82) is 5.26 Å². The lowest BCUT2D eigenvalue weighted by Gasteiger charge is -2.35. The first kappa shape index (κ1) is 21.6. The summed E-state index contributed by atoms with van der Waals surface area (Å²) in [5, 5.41) is 15.2. The van der Waals surface area contributed by atoms with Gasteiger partial charge in [0, 0.05) is 24.8 Å². The topological polar surface area (TPSA) is 100 Å². The van der Waals surface area contributed by atoms with Gasteiger partial charge in [0.25, 0.3) is 0 Å². The van der Waals surface area contributed by atoms with Crippen molar-refractivity contribution in [3.8, 4) is 6.07 Å². The molecule has 1 heterocycles. The van der Waals surface area contributed by atoms with Crippen LogP contribution in [0, 0.1) is 16.7 Å². The van der Waals surface area contributed by atoms with Crippen molar-refractivity contribution in [3.05, 3.63) is 64.7 Å². The Hall–Kier alpha value is -3.08. The minimum Gasteiger partial charge on any atom is -0.448 e. The smallest absolute Gasteiger partial charge is 0.411 e. The van der Waals surface area contributed by atoms with E-state index in [9.17, 15) is 9.59 Å². The zero-order valence-electron chi connectivity index (χ0n) is 16.3.